The van der Waals surface area contributed by atoms with Crippen molar-refractivity contribution in [3.8, 4) is 5.75 Å². The van der Waals surface area contributed by atoms with Crippen LogP contribution in [0.15, 0.2) is 36.4 Å². The Labute approximate surface area is 232 Å². The van der Waals surface area contributed by atoms with Gasteiger partial charge in [-0.2, -0.15) is 0 Å². The van der Waals surface area contributed by atoms with Gasteiger partial charge in [-0.3, -0.25) is 14.4 Å². The second kappa shape index (κ2) is 10.2. The quantitative estimate of drug-likeness (QED) is 0.342. The molecule has 1 N–H and O–H groups in total. The number of esters is 1. The Hall–Kier alpha value is -3.50. The zero-order chi connectivity index (χ0) is 27.9. The van der Waals surface area contributed by atoms with Gasteiger partial charge in [0.1, 0.15) is 16.8 Å². The van der Waals surface area contributed by atoms with E-state index in [1.54, 1.807) is 13.2 Å². The van der Waals surface area contributed by atoms with Gasteiger partial charge in [0.2, 0.25) is 5.91 Å². The Morgan fingerprint density at radius 1 is 1.10 bits per heavy atom. The van der Waals surface area contributed by atoms with Gasteiger partial charge in [0, 0.05) is 6.07 Å². The van der Waals surface area contributed by atoms with Crippen LogP contribution in [0.5, 0.6) is 5.75 Å². The summed E-state index contributed by atoms with van der Waals surface area (Å²) in [6.45, 7) is 1.63. The number of likely N-dealkylation sites (N-methyl/N-ethyl adjacent to an activating group) is 1. The van der Waals surface area contributed by atoms with E-state index >= 15 is 0 Å². The van der Waals surface area contributed by atoms with Crippen LogP contribution in [-0.4, -0.2) is 86.6 Å². The summed E-state index contributed by atoms with van der Waals surface area (Å²) >= 11 is 1.44. The second-order valence-corrected chi connectivity index (χ2v) is 12.6. The van der Waals surface area contributed by atoms with E-state index < -0.39 is 11.4 Å². The van der Waals surface area contributed by atoms with E-state index in [0.29, 0.717) is 53.8 Å². The van der Waals surface area contributed by atoms with Gasteiger partial charge in [-0.1, -0.05) is 24.3 Å². The van der Waals surface area contributed by atoms with Crippen molar-refractivity contribution < 1.29 is 28.3 Å². The zero-order valence-electron chi connectivity index (χ0n) is 23.1. The van der Waals surface area contributed by atoms with Gasteiger partial charge >= 0.3 is 5.97 Å². The predicted octanol–water partition coefficient (Wildman–Crippen LogP) is 2.80. The number of carbonyl (C=O) groups excluding carboxylic acids is 3. The number of thiazole rings is 1. The summed E-state index contributed by atoms with van der Waals surface area (Å²) in [4.78, 5) is 45.6. The maximum atomic E-state index is 13.5. The first-order valence-corrected chi connectivity index (χ1v) is 13.8. The second-order valence-electron chi connectivity index (χ2n) is 11.4. The summed E-state index contributed by atoms with van der Waals surface area (Å²) in [5.74, 6) is -0.147. The fourth-order valence-corrected chi connectivity index (χ4v) is 6.36. The minimum atomic E-state index is -0.892. The molecule has 206 valence electrons. The topological polar surface area (TPSA) is 97.8 Å². The number of nitrogens with one attached hydrogen (secondary N) is 1. The summed E-state index contributed by atoms with van der Waals surface area (Å²) in [5, 5.41) is 3.73. The molecule has 5 rings (SSSR count). The number of hydrogen-bond acceptors (Lipinski definition) is 7. The number of quaternary nitrogens is 1. The molecule has 2 aromatic carbocycles. The monoisotopic (exact) mass is 551 g/mol. The molecule has 0 atom stereocenters. The number of nitrogens with zero attached hydrogens (tertiary/aromatic N) is 3. The van der Waals surface area contributed by atoms with Crippen LogP contribution in [0.25, 0.3) is 10.2 Å². The van der Waals surface area contributed by atoms with Crippen LogP contribution in [0.4, 0.5) is 0 Å². The average molecular weight is 552 g/mol. The van der Waals surface area contributed by atoms with Crippen molar-refractivity contribution in [1.82, 2.24) is 15.2 Å². The van der Waals surface area contributed by atoms with E-state index in [0.717, 1.165) is 20.3 Å². The van der Waals surface area contributed by atoms with Gasteiger partial charge in [0.05, 0.1) is 82.6 Å². The molecule has 39 heavy (non-hydrogen) atoms. The highest BCUT2D eigenvalue weighted by Gasteiger charge is 2.45. The molecule has 2 amide bonds. The lowest BCUT2D eigenvalue weighted by Crippen LogP contribution is -2.65. The molecule has 0 saturated carbocycles. The van der Waals surface area contributed by atoms with E-state index in [1.807, 2.05) is 35.2 Å². The van der Waals surface area contributed by atoms with Gasteiger partial charge in [-0.05, 0) is 30.0 Å². The minimum absolute atomic E-state index is 0.0119. The SMILES string of the molecule is COC(=O)CC1(C(=O)NCc2nc3cc(C(=O)N4CC([N+](C)(C)C)C4)c(OC)cc3s2)Cc2ccccc2C1. The number of rotatable bonds is 8. The molecular weight excluding hydrogens is 516 g/mol. The van der Waals surface area contributed by atoms with Gasteiger partial charge in [0.15, 0.2) is 0 Å². The fourth-order valence-electron chi connectivity index (χ4n) is 5.45. The van der Waals surface area contributed by atoms with Crippen LogP contribution in [0.2, 0.25) is 0 Å². The van der Waals surface area contributed by atoms with Crippen molar-refractivity contribution >= 4 is 39.3 Å². The maximum Gasteiger partial charge on any atom is 0.306 e. The van der Waals surface area contributed by atoms with Crippen molar-refractivity contribution in [1.29, 1.82) is 0 Å². The Morgan fingerprint density at radius 2 is 1.77 bits per heavy atom. The van der Waals surface area contributed by atoms with Gasteiger partial charge in [0.25, 0.3) is 5.91 Å². The molecular formula is C29H35N4O5S+. The molecule has 3 aromatic rings. The fraction of sp³-hybridized carbons (Fsp3) is 0.448. The van der Waals surface area contributed by atoms with Crippen LogP contribution in [0, 0.1) is 5.41 Å². The highest BCUT2D eigenvalue weighted by atomic mass is 32.1. The Bertz CT molecular complexity index is 1410. The van der Waals surface area contributed by atoms with Crippen LogP contribution in [0.1, 0.15) is 32.9 Å². The largest absolute Gasteiger partial charge is 0.496 e. The Morgan fingerprint density at radius 3 is 2.36 bits per heavy atom. The number of fused-ring (bicyclic) bond motifs is 2. The average Bonchev–Trinajstić information content (AvgIpc) is 3.45. The van der Waals surface area contributed by atoms with E-state index in [-0.39, 0.29) is 24.8 Å². The first-order chi connectivity index (χ1) is 18.5. The number of carbonyl (C=O) groups is 3. The number of methoxy groups -OCH3 is 2. The first-order valence-electron chi connectivity index (χ1n) is 13.0. The van der Waals surface area contributed by atoms with E-state index in [4.69, 9.17) is 14.5 Å². The molecule has 2 aliphatic rings. The lowest BCUT2D eigenvalue weighted by Gasteiger charge is -2.46. The van der Waals surface area contributed by atoms with Crippen molar-refractivity contribution in [2.24, 2.45) is 5.41 Å². The molecule has 1 saturated heterocycles. The number of benzene rings is 2. The van der Waals surface area contributed by atoms with Crippen molar-refractivity contribution in [3.05, 3.63) is 58.1 Å². The number of hydrogen-bond donors (Lipinski definition) is 1. The number of ether oxygens (including phenoxy) is 2. The van der Waals surface area contributed by atoms with Gasteiger partial charge in [-0.15, -0.1) is 11.3 Å². The standard InChI is InChI=1S/C29H34N4O5S/c1-33(2,3)20-16-32(17-20)27(35)21-10-22-24(11-23(21)37-4)39-25(31-22)15-30-28(36)29(14-26(34)38-5)12-18-8-6-7-9-19(18)13-29/h6-11,20H,12-17H2,1-5H3/p+1. The highest BCUT2D eigenvalue weighted by Crippen LogP contribution is 2.40. The normalized spacial score (nSPS) is 16.5. The minimum Gasteiger partial charge on any atom is -0.496 e. The number of likely N-dealkylation sites (tertiary alicyclic amines) is 1. The Kier molecular flexibility index (Phi) is 7.11. The smallest absolute Gasteiger partial charge is 0.306 e. The molecule has 9 nitrogen and oxygen atoms in total. The molecule has 1 aromatic heterocycles. The lowest BCUT2D eigenvalue weighted by atomic mass is 9.80. The summed E-state index contributed by atoms with van der Waals surface area (Å²) in [6.07, 6.45) is 0.980. The number of amides is 2. The molecule has 2 heterocycles. The van der Waals surface area contributed by atoms with Crippen LogP contribution < -0.4 is 10.1 Å². The van der Waals surface area contributed by atoms with Crippen LogP contribution >= 0.6 is 11.3 Å². The molecule has 0 unspecified atom stereocenters. The van der Waals surface area contributed by atoms with E-state index in [1.165, 1.54) is 18.4 Å². The summed E-state index contributed by atoms with van der Waals surface area (Å²) < 4.78 is 12.2. The van der Waals surface area contributed by atoms with Gasteiger partial charge < -0.3 is 24.2 Å². The molecule has 1 aliphatic heterocycles. The van der Waals surface area contributed by atoms with Crippen molar-refractivity contribution in [3.63, 3.8) is 0 Å². The molecule has 1 aliphatic carbocycles. The highest BCUT2D eigenvalue weighted by molar-refractivity contribution is 7.18. The molecule has 0 radical (unpaired) electrons. The van der Waals surface area contributed by atoms with Crippen LogP contribution in [-0.2, 0) is 33.7 Å². The molecule has 0 spiro atoms. The maximum absolute atomic E-state index is 13.5. The lowest BCUT2D eigenvalue weighted by molar-refractivity contribution is -0.900. The third kappa shape index (κ3) is 5.23. The third-order valence-corrected chi connectivity index (χ3v) is 9.02. The van der Waals surface area contributed by atoms with Gasteiger partial charge in [-0.25, -0.2) is 4.98 Å². The van der Waals surface area contributed by atoms with Crippen molar-refractivity contribution in [2.75, 3.05) is 48.5 Å². The summed E-state index contributed by atoms with van der Waals surface area (Å²) in [6, 6.07) is 11.9. The van der Waals surface area contributed by atoms with Crippen LogP contribution in [0.3, 0.4) is 0 Å². The third-order valence-electron chi connectivity index (χ3n) is 8.00. The van der Waals surface area contributed by atoms with E-state index in [2.05, 4.69) is 26.5 Å². The number of aromatic nitrogens is 1. The predicted molar refractivity (Wildman–Crippen MR) is 149 cm³/mol. The molecule has 0 bridgehead atoms. The first kappa shape index (κ1) is 27.1. The van der Waals surface area contributed by atoms with E-state index in [9.17, 15) is 14.4 Å². The summed E-state index contributed by atoms with van der Waals surface area (Å²) in [7, 11) is 9.31. The molecule has 1 fully saturated rings. The molecule has 10 heteroatoms. The Balaban J connectivity index is 1.32. The zero-order valence-corrected chi connectivity index (χ0v) is 23.9. The summed E-state index contributed by atoms with van der Waals surface area (Å²) in [5.41, 5.74) is 2.45. The van der Waals surface area contributed by atoms with Crippen molar-refractivity contribution in [2.45, 2.75) is 31.8 Å².